The lowest BCUT2D eigenvalue weighted by Crippen LogP contribution is -2.54. The van der Waals surface area contributed by atoms with Crippen molar-refractivity contribution in [2.45, 2.75) is 64.6 Å². The van der Waals surface area contributed by atoms with Crippen molar-refractivity contribution in [1.82, 2.24) is 10.6 Å². The summed E-state index contributed by atoms with van der Waals surface area (Å²) in [6, 6.07) is -2.53. The molecule has 0 bridgehead atoms. The summed E-state index contributed by atoms with van der Waals surface area (Å²) in [5.41, 5.74) is 11.2. The highest BCUT2D eigenvalue weighted by Gasteiger charge is 2.26. The maximum absolute atomic E-state index is 12.2. The van der Waals surface area contributed by atoms with Crippen LogP contribution in [-0.4, -0.2) is 47.6 Å². The second kappa shape index (κ2) is 11.0. The second-order valence-electron chi connectivity index (χ2n) is 6.15. The number of aliphatic carboxylic acids is 1. The molecule has 0 spiro atoms. The van der Waals surface area contributed by atoms with Crippen LogP contribution in [0.15, 0.2) is 0 Å². The number of amides is 2. The Bertz CT molecular complexity index is 401. The highest BCUT2D eigenvalue weighted by Crippen LogP contribution is 2.07. The molecule has 7 N–H and O–H groups in total. The van der Waals surface area contributed by atoms with Crippen LogP contribution in [0.3, 0.4) is 0 Å². The number of carboxylic acid groups (broad SMARTS) is 1. The summed E-state index contributed by atoms with van der Waals surface area (Å²) in [7, 11) is 0. The number of hydrogen-bond acceptors (Lipinski definition) is 5. The van der Waals surface area contributed by atoms with Crippen molar-refractivity contribution in [2.24, 2.45) is 17.4 Å². The van der Waals surface area contributed by atoms with Gasteiger partial charge in [0.15, 0.2) is 0 Å². The van der Waals surface area contributed by atoms with Crippen molar-refractivity contribution in [1.29, 1.82) is 0 Å². The molecule has 134 valence electrons. The quantitative estimate of drug-likeness (QED) is 0.324. The number of hydrogen-bond donors (Lipinski definition) is 5. The van der Waals surface area contributed by atoms with Crippen molar-refractivity contribution >= 4 is 17.8 Å². The molecule has 0 rings (SSSR count). The fraction of sp³-hybridized carbons (Fsp3) is 0.800. The van der Waals surface area contributed by atoms with Gasteiger partial charge < -0.3 is 27.2 Å². The van der Waals surface area contributed by atoms with Gasteiger partial charge in [0.25, 0.3) is 0 Å². The van der Waals surface area contributed by atoms with E-state index >= 15 is 0 Å². The third-order valence-electron chi connectivity index (χ3n) is 3.38. The van der Waals surface area contributed by atoms with Crippen LogP contribution in [0.5, 0.6) is 0 Å². The second-order valence-corrected chi connectivity index (χ2v) is 6.15. The summed E-state index contributed by atoms with van der Waals surface area (Å²) in [4.78, 5) is 35.1. The van der Waals surface area contributed by atoms with Gasteiger partial charge in [-0.2, -0.15) is 0 Å². The predicted molar refractivity (Wildman–Crippen MR) is 87.5 cm³/mol. The van der Waals surface area contributed by atoms with Crippen molar-refractivity contribution in [3.8, 4) is 0 Å². The van der Waals surface area contributed by atoms with Crippen LogP contribution in [-0.2, 0) is 14.4 Å². The van der Waals surface area contributed by atoms with Gasteiger partial charge in [-0.1, -0.05) is 20.3 Å². The molecule has 0 radical (unpaired) electrons. The highest BCUT2D eigenvalue weighted by molar-refractivity contribution is 5.91. The maximum atomic E-state index is 12.2. The first-order valence-electron chi connectivity index (χ1n) is 7.98. The van der Waals surface area contributed by atoms with Crippen LogP contribution in [0.1, 0.15) is 46.5 Å². The molecule has 0 aromatic carbocycles. The van der Waals surface area contributed by atoms with Crippen molar-refractivity contribution in [3.63, 3.8) is 0 Å². The first-order chi connectivity index (χ1) is 10.7. The monoisotopic (exact) mass is 330 g/mol. The van der Waals surface area contributed by atoms with E-state index < -0.39 is 35.9 Å². The van der Waals surface area contributed by atoms with Gasteiger partial charge >= 0.3 is 5.97 Å². The number of carbonyl (C=O) groups is 3. The molecule has 0 aromatic rings. The van der Waals surface area contributed by atoms with Gasteiger partial charge in [0, 0.05) is 0 Å². The number of nitrogens with two attached hydrogens (primary N) is 2. The summed E-state index contributed by atoms with van der Waals surface area (Å²) >= 11 is 0. The van der Waals surface area contributed by atoms with Crippen LogP contribution < -0.4 is 22.1 Å². The van der Waals surface area contributed by atoms with Gasteiger partial charge in [-0.25, -0.2) is 0 Å². The molecule has 0 aromatic heterocycles. The molecule has 0 aliphatic rings. The Kier molecular flexibility index (Phi) is 10.2. The van der Waals surface area contributed by atoms with Crippen molar-refractivity contribution < 1.29 is 19.5 Å². The van der Waals surface area contributed by atoms with Crippen LogP contribution in [0.2, 0.25) is 0 Å². The first-order valence-corrected chi connectivity index (χ1v) is 7.98. The highest BCUT2D eigenvalue weighted by atomic mass is 16.4. The average molecular weight is 330 g/mol. The number of rotatable bonds is 11. The minimum Gasteiger partial charge on any atom is -0.480 e. The van der Waals surface area contributed by atoms with E-state index in [2.05, 4.69) is 10.6 Å². The number of carboxylic acids is 1. The van der Waals surface area contributed by atoms with E-state index in [9.17, 15) is 14.4 Å². The fourth-order valence-electron chi connectivity index (χ4n) is 2.00. The van der Waals surface area contributed by atoms with E-state index in [-0.39, 0.29) is 5.92 Å². The Hall–Kier alpha value is -1.67. The Morgan fingerprint density at radius 1 is 1.04 bits per heavy atom. The van der Waals surface area contributed by atoms with Gasteiger partial charge in [-0.3, -0.25) is 14.4 Å². The van der Waals surface area contributed by atoms with Crippen molar-refractivity contribution in [2.75, 3.05) is 6.54 Å². The van der Waals surface area contributed by atoms with E-state index in [1.807, 2.05) is 13.8 Å². The SMILES string of the molecule is CC(C)CC(NC(=O)C(N)CCCCN)C(=O)NC(C)C(=O)O. The van der Waals surface area contributed by atoms with Gasteiger partial charge in [-0.05, 0) is 38.6 Å². The van der Waals surface area contributed by atoms with Gasteiger partial charge in [0.1, 0.15) is 12.1 Å². The zero-order chi connectivity index (χ0) is 18.0. The first kappa shape index (κ1) is 21.3. The molecule has 3 unspecified atom stereocenters. The smallest absolute Gasteiger partial charge is 0.325 e. The van der Waals surface area contributed by atoms with E-state index in [0.717, 1.165) is 12.8 Å². The largest absolute Gasteiger partial charge is 0.480 e. The van der Waals surface area contributed by atoms with Crippen LogP contribution in [0, 0.1) is 5.92 Å². The van der Waals surface area contributed by atoms with E-state index in [1.165, 1.54) is 6.92 Å². The Balaban J connectivity index is 4.67. The molecule has 0 fully saturated rings. The minimum atomic E-state index is -1.13. The lowest BCUT2D eigenvalue weighted by Gasteiger charge is -2.23. The molecule has 0 aliphatic carbocycles. The van der Waals surface area contributed by atoms with E-state index in [0.29, 0.717) is 19.4 Å². The standard InChI is InChI=1S/C15H30N4O4/c1-9(2)8-12(14(21)18-10(3)15(22)23)19-13(20)11(17)6-4-5-7-16/h9-12H,4-8,16-17H2,1-3H3,(H,18,21)(H,19,20)(H,22,23). The zero-order valence-electron chi connectivity index (χ0n) is 14.2. The summed E-state index contributed by atoms with van der Waals surface area (Å²) in [5, 5.41) is 13.8. The topological polar surface area (TPSA) is 148 Å². The molecular weight excluding hydrogens is 300 g/mol. The van der Waals surface area contributed by atoms with Gasteiger partial charge in [-0.15, -0.1) is 0 Å². The molecule has 2 amide bonds. The molecule has 3 atom stereocenters. The molecule has 0 aliphatic heterocycles. The lowest BCUT2D eigenvalue weighted by molar-refractivity contribution is -0.141. The van der Waals surface area contributed by atoms with Crippen LogP contribution >= 0.6 is 0 Å². The summed E-state index contributed by atoms with van der Waals surface area (Å²) in [6.45, 7) is 5.73. The number of nitrogens with one attached hydrogen (secondary N) is 2. The summed E-state index contributed by atoms with van der Waals surface area (Å²) < 4.78 is 0. The Labute approximate surface area is 137 Å². The average Bonchev–Trinajstić information content (AvgIpc) is 2.45. The minimum absolute atomic E-state index is 0.152. The Morgan fingerprint density at radius 3 is 2.13 bits per heavy atom. The normalized spacial score (nSPS) is 14.9. The van der Waals surface area contributed by atoms with Crippen LogP contribution in [0.25, 0.3) is 0 Å². The number of unbranched alkanes of at least 4 members (excludes halogenated alkanes) is 1. The zero-order valence-corrected chi connectivity index (χ0v) is 14.2. The molecular formula is C15H30N4O4. The van der Waals surface area contributed by atoms with E-state index in [4.69, 9.17) is 16.6 Å². The number of carbonyl (C=O) groups excluding carboxylic acids is 2. The summed E-state index contributed by atoms with van der Waals surface area (Å²) in [6.07, 6.45) is 2.42. The molecule has 0 heterocycles. The lowest BCUT2D eigenvalue weighted by atomic mass is 10.0. The van der Waals surface area contributed by atoms with Crippen molar-refractivity contribution in [3.05, 3.63) is 0 Å². The van der Waals surface area contributed by atoms with Crippen LogP contribution in [0.4, 0.5) is 0 Å². The van der Waals surface area contributed by atoms with Gasteiger partial charge in [0.2, 0.25) is 11.8 Å². The third-order valence-corrected chi connectivity index (χ3v) is 3.38. The predicted octanol–water partition coefficient (Wildman–Crippen LogP) is -0.437. The summed E-state index contributed by atoms with van der Waals surface area (Å²) in [5.74, 6) is -1.91. The molecule has 8 nitrogen and oxygen atoms in total. The molecule has 23 heavy (non-hydrogen) atoms. The van der Waals surface area contributed by atoms with E-state index in [1.54, 1.807) is 0 Å². The van der Waals surface area contributed by atoms with Gasteiger partial charge in [0.05, 0.1) is 6.04 Å². The molecule has 0 saturated heterocycles. The Morgan fingerprint density at radius 2 is 1.65 bits per heavy atom. The molecule has 0 saturated carbocycles. The third kappa shape index (κ3) is 9.14. The fourth-order valence-corrected chi connectivity index (χ4v) is 2.00. The maximum Gasteiger partial charge on any atom is 0.325 e. The molecule has 8 heteroatoms.